The number of rotatable bonds is 2. The molecule has 1 aliphatic rings. The predicted octanol–water partition coefficient (Wildman–Crippen LogP) is 2.31. The van der Waals surface area contributed by atoms with E-state index >= 15 is 0 Å². The number of nitrogens with zero attached hydrogens (tertiary/aromatic N) is 1. The first kappa shape index (κ1) is 11.6. The number of nitrogen functional groups attached to an aromatic ring is 1. The molecule has 2 N–H and O–H groups in total. The Labute approximate surface area is 104 Å². The van der Waals surface area contributed by atoms with Crippen LogP contribution in [-0.2, 0) is 0 Å². The van der Waals surface area contributed by atoms with E-state index in [4.69, 9.17) is 5.73 Å². The smallest absolute Gasteiger partial charge is 0.182 e. The molecule has 1 unspecified atom stereocenters. The third-order valence-electron chi connectivity index (χ3n) is 3.10. The van der Waals surface area contributed by atoms with E-state index in [0.29, 0.717) is 11.3 Å². The van der Waals surface area contributed by atoms with E-state index < -0.39 is 0 Å². The average Bonchev–Trinajstić information content (AvgIpc) is 2.67. The van der Waals surface area contributed by atoms with Gasteiger partial charge in [0.05, 0.1) is 6.04 Å². The normalized spacial score (nSPS) is 21.2. The summed E-state index contributed by atoms with van der Waals surface area (Å²) in [5.41, 5.74) is 7.04. The zero-order valence-electron chi connectivity index (χ0n) is 9.24. The van der Waals surface area contributed by atoms with Gasteiger partial charge < -0.3 is 5.73 Å². The van der Waals surface area contributed by atoms with Crippen LogP contribution in [0.1, 0.15) is 23.2 Å². The SMILES string of the molecule is CN1CCCC1C(=O)c1cc(Br)ccc1N. The first-order valence-electron chi connectivity index (χ1n) is 5.39. The molecule has 16 heavy (non-hydrogen) atoms. The lowest BCUT2D eigenvalue weighted by molar-refractivity contribution is 0.0891. The van der Waals surface area contributed by atoms with Crippen molar-refractivity contribution in [3.05, 3.63) is 28.2 Å². The molecule has 0 aromatic heterocycles. The van der Waals surface area contributed by atoms with Crippen LogP contribution in [0.3, 0.4) is 0 Å². The number of nitrogens with two attached hydrogens (primary N) is 1. The van der Waals surface area contributed by atoms with Crippen molar-refractivity contribution in [2.45, 2.75) is 18.9 Å². The van der Waals surface area contributed by atoms with Crippen LogP contribution in [0.15, 0.2) is 22.7 Å². The molecule has 0 radical (unpaired) electrons. The monoisotopic (exact) mass is 282 g/mol. The first-order chi connectivity index (χ1) is 7.59. The van der Waals surface area contributed by atoms with Gasteiger partial charge in [0.25, 0.3) is 0 Å². The first-order valence-corrected chi connectivity index (χ1v) is 6.18. The standard InChI is InChI=1S/C12H15BrN2O/c1-15-6-2-3-11(15)12(16)9-7-8(13)4-5-10(9)14/h4-5,7,11H,2-3,6,14H2,1H3. The second kappa shape index (κ2) is 4.55. The number of hydrogen-bond acceptors (Lipinski definition) is 3. The molecule has 0 saturated carbocycles. The number of carbonyl (C=O) groups is 1. The van der Waals surface area contributed by atoms with Gasteiger partial charge in [-0.1, -0.05) is 15.9 Å². The van der Waals surface area contributed by atoms with Gasteiger partial charge in [0.15, 0.2) is 5.78 Å². The third-order valence-corrected chi connectivity index (χ3v) is 3.60. The zero-order chi connectivity index (χ0) is 11.7. The van der Waals surface area contributed by atoms with Crippen molar-refractivity contribution in [3.63, 3.8) is 0 Å². The molecule has 1 fully saturated rings. The Morgan fingerprint density at radius 3 is 2.94 bits per heavy atom. The van der Waals surface area contributed by atoms with Crippen LogP contribution in [0.5, 0.6) is 0 Å². The van der Waals surface area contributed by atoms with Crippen LogP contribution in [0.2, 0.25) is 0 Å². The number of likely N-dealkylation sites (tertiary alicyclic amines) is 1. The molecule has 1 heterocycles. The summed E-state index contributed by atoms with van der Waals surface area (Å²) in [6.45, 7) is 0.990. The topological polar surface area (TPSA) is 46.3 Å². The van der Waals surface area contributed by atoms with Crippen molar-refractivity contribution in [2.24, 2.45) is 0 Å². The molecule has 4 heteroatoms. The second-order valence-corrected chi connectivity index (χ2v) is 5.15. The number of hydrogen-bond donors (Lipinski definition) is 1. The van der Waals surface area contributed by atoms with Gasteiger partial charge in [0.1, 0.15) is 0 Å². The summed E-state index contributed by atoms with van der Waals surface area (Å²) in [6.07, 6.45) is 2.02. The summed E-state index contributed by atoms with van der Waals surface area (Å²) >= 11 is 3.37. The highest BCUT2D eigenvalue weighted by molar-refractivity contribution is 9.10. The summed E-state index contributed by atoms with van der Waals surface area (Å²) in [5, 5.41) is 0. The van der Waals surface area contributed by atoms with E-state index in [2.05, 4.69) is 20.8 Å². The number of ketones is 1. The van der Waals surface area contributed by atoms with Crippen LogP contribution >= 0.6 is 15.9 Å². The van der Waals surface area contributed by atoms with Crippen molar-refractivity contribution in [3.8, 4) is 0 Å². The van der Waals surface area contributed by atoms with E-state index in [1.54, 1.807) is 6.07 Å². The fourth-order valence-corrected chi connectivity index (χ4v) is 2.52. The summed E-state index contributed by atoms with van der Waals surface area (Å²) in [5.74, 6) is 0.138. The minimum absolute atomic E-state index is 0.00315. The highest BCUT2D eigenvalue weighted by Gasteiger charge is 2.29. The third kappa shape index (κ3) is 2.13. The van der Waals surface area contributed by atoms with E-state index in [0.717, 1.165) is 23.9 Å². The van der Waals surface area contributed by atoms with Crippen LogP contribution in [-0.4, -0.2) is 30.3 Å². The van der Waals surface area contributed by atoms with Crippen molar-refractivity contribution in [1.29, 1.82) is 0 Å². The Morgan fingerprint density at radius 1 is 1.56 bits per heavy atom. The van der Waals surface area contributed by atoms with Crippen molar-refractivity contribution >= 4 is 27.4 Å². The Kier molecular flexibility index (Phi) is 3.30. The number of Topliss-reactive ketones (excluding diaryl/α,β-unsaturated/α-hetero) is 1. The van der Waals surface area contributed by atoms with Crippen LogP contribution in [0, 0.1) is 0 Å². The van der Waals surface area contributed by atoms with E-state index in [9.17, 15) is 4.79 Å². The Bertz CT molecular complexity index is 419. The van der Waals surface area contributed by atoms with Crippen molar-refractivity contribution in [2.75, 3.05) is 19.3 Å². The quantitative estimate of drug-likeness (QED) is 0.669. The molecule has 0 amide bonds. The molecule has 1 saturated heterocycles. The molecule has 2 rings (SSSR count). The second-order valence-electron chi connectivity index (χ2n) is 4.23. The predicted molar refractivity (Wildman–Crippen MR) is 68.5 cm³/mol. The molecule has 1 atom stereocenters. The Morgan fingerprint density at radius 2 is 2.31 bits per heavy atom. The van der Waals surface area contributed by atoms with Gasteiger partial charge in [-0.2, -0.15) is 0 Å². The van der Waals surface area contributed by atoms with Crippen LogP contribution in [0.25, 0.3) is 0 Å². The van der Waals surface area contributed by atoms with Gasteiger partial charge >= 0.3 is 0 Å². The Hall–Kier alpha value is -0.870. The maximum Gasteiger partial charge on any atom is 0.182 e. The molecule has 1 aromatic carbocycles. The largest absolute Gasteiger partial charge is 0.398 e. The molecule has 86 valence electrons. The van der Waals surface area contributed by atoms with Crippen molar-refractivity contribution < 1.29 is 4.79 Å². The maximum absolute atomic E-state index is 12.3. The van der Waals surface area contributed by atoms with Gasteiger partial charge in [-0.25, -0.2) is 0 Å². The summed E-state index contributed by atoms with van der Waals surface area (Å²) < 4.78 is 0.894. The average molecular weight is 283 g/mol. The summed E-state index contributed by atoms with van der Waals surface area (Å²) in [7, 11) is 1.99. The van der Waals surface area contributed by atoms with E-state index in [1.165, 1.54) is 0 Å². The molecule has 1 aliphatic heterocycles. The van der Waals surface area contributed by atoms with E-state index in [1.807, 2.05) is 19.2 Å². The minimum Gasteiger partial charge on any atom is -0.398 e. The fourth-order valence-electron chi connectivity index (χ4n) is 2.16. The highest BCUT2D eigenvalue weighted by atomic mass is 79.9. The lowest BCUT2D eigenvalue weighted by Crippen LogP contribution is -2.33. The molecule has 1 aromatic rings. The minimum atomic E-state index is -0.00315. The lowest BCUT2D eigenvalue weighted by atomic mass is 10.0. The maximum atomic E-state index is 12.3. The number of anilines is 1. The summed E-state index contributed by atoms with van der Waals surface area (Å²) in [4.78, 5) is 14.4. The molecular weight excluding hydrogens is 268 g/mol. The van der Waals surface area contributed by atoms with Crippen molar-refractivity contribution in [1.82, 2.24) is 4.90 Å². The summed E-state index contributed by atoms with van der Waals surface area (Å²) in [6, 6.07) is 5.43. The van der Waals surface area contributed by atoms with Gasteiger partial charge in [0.2, 0.25) is 0 Å². The zero-order valence-corrected chi connectivity index (χ0v) is 10.8. The molecular formula is C12H15BrN2O. The number of benzene rings is 1. The van der Waals surface area contributed by atoms with Gasteiger partial charge in [-0.15, -0.1) is 0 Å². The van der Waals surface area contributed by atoms with Gasteiger partial charge in [-0.05, 0) is 44.6 Å². The molecule has 0 aliphatic carbocycles. The molecule has 0 spiro atoms. The lowest BCUT2D eigenvalue weighted by Gasteiger charge is -2.18. The van der Waals surface area contributed by atoms with Gasteiger partial charge in [0, 0.05) is 15.7 Å². The van der Waals surface area contributed by atoms with Crippen LogP contribution < -0.4 is 5.73 Å². The van der Waals surface area contributed by atoms with Gasteiger partial charge in [-0.3, -0.25) is 9.69 Å². The van der Waals surface area contributed by atoms with Crippen LogP contribution in [0.4, 0.5) is 5.69 Å². The highest BCUT2D eigenvalue weighted by Crippen LogP contribution is 2.24. The number of likely N-dealkylation sites (N-methyl/N-ethyl adjacent to an activating group) is 1. The molecule has 0 bridgehead atoms. The Balaban J connectivity index is 2.29. The number of carbonyl (C=O) groups excluding carboxylic acids is 1. The van der Waals surface area contributed by atoms with E-state index in [-0.39, 0.29) is 11.8 Å². The number of halogens is 1. The molecule has 3 nitrogen and oxygen atoms in total. The fraction of sp³-hybridized carbons (Fsp3) is 0.417.